The van der Waals surface area contributed by atoms with Crippen LogP contribution in [0, 0.1) is 0 Å². The average Bonchev–Trinajstić information content (AvgIpc) is 3.42. The highest BCUT2D eigenvalue weighted by Gasteiger charge is 2.22. The summed E-state index contributed by atoms with van der Waals surface area (Å²) in [4.78, 5) is 24.5. The summed E-state index contributed by atoms with van der Waals surface area (Å²) in [6.07, 6.45) is 7.71. The number of aromatic nitrogens is 2. The molecule has 1 aromatic heterocycles. The van der Waals surface area contributed by atoms with Crippen LogP contribution < -0.4 is 9.64 Å². The number of piperazine rings is 1. The predicted molar refractivity (Wildman–Crippen MR) is 156 cm³/mol. The second-order valence-electron chi connectivity index (χ2n) is 9.61. The molecule has 0 aliphatic carbocycles. The number of hydrogen-bond acceptors (Lipinski definition) is 7. The zero-order chi connectivity index (χ0) is 26.6. The van der Waals surface area contributed by atoms with E-state index in [1.165, 1.54) is 17.1 Å². The Kier molecular flexibility index (Phi) is 10.7. The van der Waals surface area contributed by atoms with Gasteiger partial charge < -0.3 is 14.5 Å². The largest absolute Gasteiger partial charge is 0.497 e. The van der Waals surface area contributed by atoms with Crippen molar-refractivity contribution in [3.8, 4) is 5.75 Å². The number of nitrogens with zero attached hydrogens (tertiary/aromatic N) is 5. The molecule has 38 heavy (non-hydrogen) atoms. The Balaban J connectivity index is 1.25. The van der Waals surface area contributed by atoms with Crippen molar-refractivity contribution in [2.75, 3.05) is 57.8 Å². The summed E-state index contributed by atoms with van der Waals surface area (Å²) in [7, 11) is 1.68. The lowest BCUT2D eigenvalue weighted by Gasteiger charge is -2.34. The van der Waals surface area contributed by atoms with Gasteiger partial charge in [-0.1, -0.05) is 68.0 Å². The van der Waals surface area contributed by atoms with Gasteiger partial charge in [0.25, 0.3) is 0 Å². The van der Waals surface area contributed by atoms with Crippen molar-refractivity contribution in [2.24, 2.45) is 0 Å². The SMILES string of the molecule is CCCCN(CCC(=O)N1CCN(CC=Cc2ccccc2)CC1)c1nc(Cc2cccc(OC)c2)ns1. The molecule has 0 bridgehead atoms. The molecule has 0 unspecified atom stereocenters. The normalized spacial score (nSPS) is 14.2. The van der Waals surface area contributed by atoms with E-state index in [2.05, 4.69) is 63.6 Å². The first-order chi connectivity index (χ1) is 18.6. The van der Waals surface area contributed by atoms with Crippen molar-refractivity contribution in [2.45, 2.75) is 32.6 Å². The Labute approximate surface area is 230 Å². The molecule has 0 atom stereocenters. The van der Waals surface area contributed by atoms with Crippen molar-refractivity contribution in [3.05, 3.63) is 77.6 Å². The summed E-state index contributed by atoms with van der Waals surface area (Å²) >= 11 is 1.43. The molecule has 202 valence electrons. The zero-order valence-electron chi connectivity index (χ0n) is 22.6. The fraction of sp³-hybridized carbons (Fsp3) is 0.433. The lowest BCUT2D eigenvalue weighted by molar-refractivity contribution is -0.132. The number of amides is 1. The predicted octanol–water partition coefficient (Wildman–Crippen LogP) is 4.99. The summed E-state index contributed by atoms with van der Waals surface area (Å²) in [5, 5.41) is 0.902. The van der Waals surface area contributed by atoms with Gasteiger partial charge in [-0.15, -0.1) is 0 Å². The molecular weight excluding hydrogens is 494 g/mol. The Hall–Kier alpha value is -3.23. The van der Waals surface area contributed by atoms with E-state index in [0.29, 0.717) is 19.4 Å². The van der Waals surface area contributed by atoms with Crippen LogP contribution in [0.1, 0.15) is 43.1 Å². The molecule has 0 spiro atoms. The number of carbonyl (C=O) groups excluding carboxylic acids is 1. The Morgan fingerprint density at radius 1 is 1.08 bits per heavy atom. The van der Waals surface area contributed by atoms with Crippen LogP contribution in [0.2, 0.25) is 0 Å². The fourth-order valence-corrected chi connectivity index (χ4v) is 5.27. The molecule has 1 aliphatic rings. The lowest BCUT2D eigenvalue weighted by Crippen LogP contribution is -2.49. The van der Waals surface area contributed by atoms with Crippen molar-refractivity contribution in [1.29, 1.82) is 0 Å². The van der Waals surface area contributed by atoms with Crippen LogP contribution in [-0.4, -0.2) is 78.0 Å². The van der Waals surface area contributed by atoms with E-state index in [0.717, 1.165) is 74.4 Å². The first-order valence-corrected chi connectivity index (χ1v) is 14.3. The highest BCUT2D eigenvalue weighted by Crippen LogP contribution is 2.22. The van der Waals surface area contributed by atoms with E-state index < -0.39 is 0 Å². The van der Waals surface area contributed by atoms with Crippen molar-refractivity contribution in [3.63, 3.8) is 0 Å². The summed E-state index contributed by atoms with van der Waals surface area (Å²) in [6, 6.07) is 18.4. The maximum Gasteiger partial charge on any atom is 0.224 e. The molecular formula is C30H39N5O2S. The topological polar surface area (TPSA) is 61.8 Å². The van der Waals surface area contributed by atoms with Gasteiger partial charge >= 0.3 is 0 Å². The lowest BCUT2D eigenvalue weighted by atomic mass is 10.1. The van der Waals surface area contributed by atoms with Crippen molar-refractivity contribution >= 4 is 28.6 Å². The van der Waals surface area contributed by atoms with Crippen LogP contribution in [0.3, 0.4) is 0 Å². The Morgan fingerprint density at radius 3 is 2.66 bits per heavy atom. The molecule has 2 aromatic carbocycles. The number of unbranched alkanes of at least 4 members (excludes halogenated alkanes) is 1. The molecule has 0 saturated carbocycles. The molecule has 1 aliphatic heterocycles. The van der Waals surface area contributed by atoms with Gasteiger partial charge in [-0.05, 0) is 29.7 Å². The minimum absolute atomic E-state index is 0.229. The summed E-state index contributed by atoms with van der Waals surface area (Å²) in [5.41, 5.74) is 2.34. The highest BCUT2D eigenvalue weighted by molar-refractivity contribution is 7.09. The third kappa shape index (κ3) is 8.39. The van der Waals surface area contributed by atoms with Gasteiger partial charge in [0.2, 0.25) is 11.0 Å². The van der Waals surface area contributed by atoms with Crippen LogP contribution >= 0.6 is 11.5 Å². The number of rotatable bonds is 13. The third-order valence-corrected chi connectivity index (χ3v) is 7.61. The average molecular weight is 534 g/mol. The molecule has 2 heterocycles. The second kappa shape index (κ2) is 14.6. The van der Waals surface area contributed by atoms with E-state index in [1.807, 2.05) is 29.2 Å². The van der Waals surface area contributed by atoms with Gasteiger partial charge in [-0.3, -0.25) is 9.69 Å². The zero-order valence-corrected chi connectivity index (χ0v) is 23.4. The maximum absolute atomic E-state index is 13.0. The second-order valence-corrected chi connectivity index (χ2v) is 10.3. The fourth-order valence-electron chi connectivity index (χ4n) is 4.53. The van der Waals surface area contributed by atoms with Crippen LogP contribution in [0.25, 0.3) is 6.08 Å². The van der Waals surface area contributed by atoms with Gasteiger partial charge in [-0.25, -0.2) is 4.98 Å². The first-order valence-electron chi connectivity index (χ1n) is 13.6. The van der Waals surface area contributed by atoms with Crippen LogP contribution in [0.5, 0.6) is 5.75 Å². The molecule has 4 rings (SSSR count). The minimum atomic E-state index is 0.229. The summed E-state index contributed by atoms with van der Waals surface area (Å²) in [5.74, 6) is 1.88. The number of hydrogen-bond donors (Lipinski definition) is 0. The van der Waals surface area contributed by atoms with Crippen molar-refractivity contribution < 1.29 is 9.53 Å². The number of ether oxygens (including phenoxy) is 1. The standard InChI is InChI=1S/C30H39N5O2S/c1-3-4-17-35(30-31-28(32-38-30)24-26-12-8-14-27(23-26)37-2)18-15-29(36)34-21-19-33(20-22-34)16-9-13-25-10-6-5-7-11-25/h5-14,23H,3-4,15-22,24H2,1-2H3. The number of methoxy groups -OCH3 is 1. The quantitative estimate of drug-likeness (QED) is 0.308. The molecule has 0 N–H and O–H groups in total. The maximum atomic E-state index is 13.0. The smallest absolute Gasteiger partial charge is 0.224 e. The summed E-state index contributed by atoms with van der Waals surface area (Å²) in [6.45, 7) is 8.06. The molecule has 8 heteroatoms. The van der Waals surface area contributed by atoms with E-state index in [9.17, 15) is 4.79 Å². The van der Waals surface area contributed by atoms with Gasteiger partial charge in [0.1, 0.15) is 11.6 Å². The van der Waals surface area contributed by atoms with Gasteiger partial charge in [-0.2, -0.15) is 4.37 Å². The Bertz CT molecular complexity index is 1160. The molecule has 3 aromatic rings. The Morgan fingerprint density at radius 2 is 1.89 bits per heavy atom. The van der Waals surface area contributed by atoms with Gasteiger partial charge in [0, 0.05) is 70.2 Å². The molecule has 1 amide bonds. The van der Waals surface area contributed by atoms with E-state index >= 15 is 0 Å². The number of benzene rings is 2. The molecule has 7 nitrogen and oxygen atoms in total. The minimum Gasteiger partial charge on any atom is -0.497 e. The van der Waals surface area contributed by atoms with Gasteiger partial charge in [0.05, 0.1) is 7.11 Å². The van der Waals surface area contributed by atoms with E-state index in [1.54, 1.807) is 7.11 Å². The molecule has 1 fully saturated rings. The summed E-state index contributed by atoms with van der Waals surface area (Å²) < 4.78 is 9.94. The monoisotopic (exact) mass is 533 g/mol. The van der Waals surface area contributed by atoms with Crippen LogP contribution in [-0.2, 0) is 11.2 Å². The van der Waals surface area contributed by atoms with Crippen LogP contribution in [0.15, 0.2) is 60.7 Å². The van der Waals surface area contributed by atoms with E-state index in [-0.39, 0.29) is 5.91 Å². The van der Waals surface area contributed by atoms with Gasteiger partial charge in [0.15, 0.2) is 0 Å². The number of carbonyl (C=O) groups is 1. The molecule has 1 saturated heterocycles. The molecule has 0 radical (unpaired) electrons. The first kappa shape index (κ1) is 27.8. The van der Waals surface area contributed by atoms with E-state index in [4.69, 9.17) is 9.72 Å². The van der Waals surface area contributed by atoms with Crippen LogP contribution in [0.4, 0.5) is 5.13 Å². The number of anilines is 1. The highest BCUT2D eigenvalue weighted by atomic mass is 32.1. The third-order valence-electron chi connectivity index (χ3n) is 6.80. The van der Waals surface area contributed by atoms with Crippen molar-refractivity contribution in [1.82, 2.24) is 19.2 Å².